The second-order valence-corrected chi connectivity index (χ2v) is 5.33. The SMILES string of the molecule is Cc1cc(=O)c(C(=O)Nc2ccc(F)c(F)c2)nn1-c1ccccc1. The molecule has 0 aliphatic heterocycles. The van der Waals surface area contributed by atoms with Crippen LogP contribution in [0.5, 0.6) is 0 Å². The molecular weight excluding hydrogens is 328 g/mol. The van der Waals surface area contributed by atoms with Crippen molar-refractivity contribution >= 4 is 11.6 Å². The molecule has 0 aliphatic carbocycles. The fourth-order valence-corrected chi connectivity index (χ4v) is 2.30. The quantitative estimate of drug-likeness (QED) is 0.796. The molecule has 0 spiro atoms. The highest BCUT2D eigenvalue weighted by Gasteiger charge is 2.16. The lowest BCUT2D eigenvalue weighted by Crippen LogP contribution is -2.26. The van der Waals surface area contributed by atoms with Crippen LogP contribution in [0.3, 0.4) is 0 Å². The number of aromatic nitrogens is 2. The molecule has 0 radical (unpaired) electrons. The number of aryl methyl sites for hydroxylation is 1. The summed E-state index contributed by atoms with van der Waals surface area (Å²) >= 11 is 0. The first-order valence-corrected chi connectivity index (χ1v) is 7.38. The van der Waals surface area contributed by atoms with Gasteiger partial charge in [-0.3, -0.25) is 9.59 Å². The van der Waals surface area contributed by atoms with Crippen LogP contribution in [0.4, 0.5) is 14.5 Å². The van der Waals surface area contributed by atoms with Crippen LogP contribution in [0.15, 0.2) is 59.4 Å². The zero-order valence-corrected chi connectivity index (χ0v) is 13.2. The average molecular weight is 341 g/mol. The number of halogens is 2. The van der Waals surface area contributed by atoms with Crippen LogP contribution in [0.1, 0.15) is 16.2 Å². The molecule has 3 aromatic rings. The molecular formula is C18H13F2N3O2. The van der Waals surface area contributed by atoms with Crippen molar-refractivity contribution in [1.82, 2.24) is 9.78 Å². The molecule has 1 heterocycles. The lowest BCUT2D eigenvalue weighted by Gasteiger charge is -2.11. The molecule has 0 bridgehead atoms. The molecule has 1 N–H and O–H groups in total. The van der Waals surface area contributed by atoms with Crippen molar-refractivity contribution in [2.24, 2.45) is 0 Å². The minimum atomic E-state index is -1.10. The summed E-state index contributed by atoms with van der Waals surface area (Å²) in [4.78, 5) is 24.4. The zero-order chi connectivity index (χ0) is 18.0. The Morgan fingerprint density at radius 3 is 2.44 bits per heavy atom. The van der Waals surface area contributed by atoms with Gasteiger partial charge in [-0.05, 0) is 31.2 Å². The van der Waals surface area contributed by atoms with Gasteiger partial charge in [-0.1, -0.05) is 18.2 Å². The standard InChI is InChI=1S/C18H13F2N3O2/c1-11-9-16(24)17(22-23(11)13-5-3-2-4-6-13)18(25)21-12-7-8-14(19)15(20)10-12/h2-10H,1H3,(H,21,25). The number of anilines is 1. The van der Waals surface area contributed by atoms with Crippen molar-refractivity contribution in [3.63, 3.8) is 0 Å². The molecule has 0 aliphatic rings. The summed E-state index contributed by atoms with van der Waals surface area (Å²) in [6, 6.07) is 13.2. The number of hydrogen-bond donors (Lipinski definition) is 1. The Balaban J connectivity index is 1.97. The van der Waals surface area contributed by atoms with Gasteiger partial charge in [0.1, 0.15) is 0 Å². The van der Waals surface area contributed by atoms with Crippen molar-refractivity contribution in [2.45, 2.75) is 6.92 Å². The van der Waals surface area contributed by atoms with Crippen molar-refractivity contribution in [3.05, 3.63) is 87.8 Å². The Morgan fingerprint density at radius 2 is 1.76 bits per heavy atom. The van der Waals surface area contributed by atoms with E-state index in [0.29, 0.717) is 11.4 Å². The molecule has 1 amide bonds. The minimum absolute atomic E-state index is 0.0249. The van der Waals surface area contributed by atoms with Crippen molar-refractivity contribution in [3.8, 4) is 5.69 Å². The van der Waals surface area contributed by atoms with Gasteiger partial charge in [-0.2, -0.15) is 5.10 Å². The van der Waals surface area contributed by atoms with Gasteiger partial charge < -0.3 is 5.32 Å². The van der Waals surface area contributed by atoms with Crippen molar-refractivity contribution in [1.29, 1.82) is 0 Å². The summed E-state index contributed by atoms with van der Waals surface area (Å²) in [5, 5.41) is 6.45. The van der Waals surface area contributed by atoms with E-state index in [-0.39, 0.29) is 11.4 Å². The number of carbonyl (C=O) groups excluding carboxylic acids is 1. The normalized spacial score (nSPS) is 10.5. The second kappa shape index (κ2) is 6.64. The summed E-state index contributed by atoms with van der Waals surface area (Å²) in [6.45, 7) is 1.69. The van der Waals surface area contributed by atoms with Crippen molar-refractivity contribution < 1.29 is 13.6 Å². The van der Waals surface area contributed by atoms with Gasteiger partial charge in [0, 0.05) is 23.5 Å². The van der Waals surface area contributed by atoms with E-state index in [9.17, 15) is 18.4 Å². The van der Waals surface area contributed by atoms with Gasteiger partial charge in [0.05, 0.1) is 5.69 Å². The van der Waals surface area contributed by atoms with Crippen LogP contribution in [0.25, 0.3) is 5.69 Å². The summed E-state index contributed by atoms with van der Waals surface area (Å²) in [5.41, 5.74) is 0.350. The van der Waals surface area contributed by atoms with Gasteiger partial charge in [0.15, 0.2) is 17.3 Å². The molecule has 25 heavy (non-hydrogen) atoms. The van der Waals surface area contributed by atoms with Crippen LogP contribution < -0.4 is 10.7 Å². The fraction of sp³-hybridized carbons (Fsp3) is 0.0556. The summed E-state index contributed by atoms with van der Waals surface area (Å²) in [5.74, 6) is -2.94. The third-order valence-corrected chi connectivity index (χ3v) is 3.50. The highest BCUT2D eigenvalue weighted by Crippen LogP contribution is 2.14. The Hall–Kier alpha value is -3.35. The average Bonchev–Trinajstić information content (AvgIpc) is 2.59. The summed E-state index contributed by atoms with van der Waals surface area (Å²) < 4.78 is 27.7. The largest absolute Gasteiger partial charge is 0.320 e. The molecule has 2 aromatic carbocycles. The van der Waals surface area contributed by atoms with E-state index >= 15 is 0 Å². The van der Waals surface area contributed by atoms with E-state index in [2.05, 4.69) is 10.4 Å². The topological polar surface area (TPSA) is 64.0 Å². The highest BCUT2D eigenvalue weighted by atomic mass is 19.2. The molecule has 0 unspecified atom stereocenters. The third kappa shape index (κ3) is 3.45. The first-order chi connectivity index (χ1) is 12.0. The third-order valence-electron chi connectivity index (χ3n) is 3.50. The number of benzene rings is 2. The van der Waals surface area contributed by atoms with Gasteiger partial charge in [0.2, 0.25) is 5.43 Å². The van der Waals surface area contributed by atoms with Crippen LogP contribution in [0, 0.1) is 18.6 Å². The van der Waals surface area contributed by atoms with Gasteiger partial charge in [-0.25, -0.2) is 13.5 Å². The summed E-state index contributed by atoms with van der Waals surface area (Å²) in [7, 11) is 0. The molecule has 1 aromatic heterocycles. The summed E-state index contributed by atoms with van der Waals surface area (Å²) in [6.07, 6.45) is 0. The number of para-hydroxylation sites is 1. The first kappa shape index (κ1) is 16.5. The maximum atomic E-state index is 13.2. The van der Waals surface area contributed by atoms with E-state index in [1.54, 1.807) is 31.2 Å². The lowest BCUT2D eigenvalue weighted by molar-refractivity contribution is 0.101. The molecule has 126 valence electrons. The number of amides is 1. The molecule has 5 nitrogen and oxygen atoms in total. The Kier molecular flexibility index (Phi) is 4.38. The monoisotopic (exact) mass is 341 g/mol. The van der Waals surface area contributed by atoms with E-state index in [4.69, 9.17) is 0 Å². The highest BCUT2D eigenvalue weighted by molar-refractivity contribution is 6.02. The van der Waals surface area contributed by atoms with Gasteiger partial charge in [-0.15, -0.1) is 0 Å². The van der Waals surface area contributed by atoms with E-state index in [1.165, 1.54) is 16.8 Å². The van der Waals surface area contributed by atoms with E-state index in [1.807, 2.05) is 6.07 Å². The van der Waals surface area contributed by atoms with E-state index in [0.717, 1.165) is 12.1 Å². The number of carbonyl (C=O) groups is 1. The van der Waals surface area contributed by atoms with Crippen molar-refractivity contribution in [2.75, 3.05) is 5.32 Å². The Morgan fingerprint density at radius 1 is 1.04 bits per heavy atom. The molecule has 7 heteroatoms. The fourth-order valence-electron chi connectivity index (χ4n) is 2.30. The maximum absolute atomic E-state index is 13.2. The van der Waals surface area contributed by atoms with Crippen LogP contribution >= 0.6 is 0 Å². The smallest absolute Gasteiger partial charge is 0.280 e. The number of nitrogens with zero attached hydrogens (tertiary/aromatic N) is 2. The first-order valence-electron chi connectivity index (χ1n) is 7.38. The minimum Gasteiger partial charge on any atom is -0.320 e. The molecule has 0 fully saturated rings. The Labute approximate surface area is 141 Å². The molecule has 3 rings (SSSR count). The number of hydrogen-bond acceptors (Lipinski definition) is 3. The Bertz CT molecular complexity index is 1000. The predicted octanol–water partition coefficient (Wildman–Crippen LogP) is 3.07. The molecule has 0 atom stereocenters. The molecule has 0 saturated heterocycles. The maximum Gasteiger partial charge on any atom is 0.280 e. The van der Waals surface area contributed by atoms with Gasteiger partial charge >= 0.3 is 0 Å². The zero-order valence-electron chi connectivity index (χ0n) is 13.2. The number of rotatable bonds is 3. The number of nitrogens with one attached hydrogen (secondary N) is 1. The van der Waals surface area contributed by atoms with Crippen LogP contribution in [-0.4, -0.2) is 15.7 Å². The predicted molar refractivity (Wildman–Crippen MR) is 88.9 cm³/mol. The van der Waals surface area contributed by atoms with Crippen LogP contribution in [0.2, 0.25) is 0 Å². The second-order valence-electron chi connectivity index (χ2n) is 5.33. The molecule has 0 saturated carbocycles. The van der Waals surface area contributed by atoms with Gasteiger partial charge in [0.25, 0.3) is 5.91 Å². The van der Waals surface area contributed by atoms with E-state index < -0.39 is 23.0 Å². The lowest BCUT2D eigenvalue weighted by atomic mass is 10.2. The van der Waals surface area contributed by atoms with Crippen LogP contribution in [-0.2, 0) is 0 Å².